The van der Waals surface area contributed by atoms with E-state index in [9.17, 15) is 0 Å². The number of unbranched alkanes of at least 4 members (excludes halogenated alkanes) is 2. The predicted molar refractivity (Wildman–Crippen MR) is 57.8 cm³/mol. The van der Waals surface area contributed by atoms with Gasteiger partial charge in [-0.15, -0.1) is 0 Å². The summed E-state index contributed by atoms with van der Waals surface area (Å²) < 4.78 is 0. The standard InChI is InChI=1S/C11H24N2/c1-13(10-6-2-5-9-12)11-7-3-4-8-11/h11H,2-10,12H2,1H3. The minimum Gasteiger partial charge on any atom is -0.330 e. The minimum atomic E-state index is 0.854. The molecular weight excluding hydrogens is 160 g/mol. The monoisotopic (exact) mass is 184 g/mol. The molecule has 2 heteroatoms. The minimum absolute atomic E-state index is 0.854. The molecule has 1 aliphatic carbocycles. The van der Waals surface area contributed by atoms with Gasteiger partial charge in [0.25, 0.3) is 0 Å². The average Bonchev–Trinajstić information content (AvgIpc) is 2.65. The van der Waals surface area contributed by atoms with Crippen LogP contribution in [0.4, 0.5) is 0 Å². The van der Waals surface area contributed by atoms with Crippen molar-refractivity contribution in [3.63, 3.8) is 0 Å². The van der Waals surface area contributed by atoms with Crippen molar-refractivity contribution < 1.29 is 0 Å². The van der Waals surface area contributed by atoms with Crippen LogP contribution in [0.15, 0.2) is 0 Å². The van der Waals surface area contributed by atoms with Crippen LogP contribution in [0, 0.1) is 0 Å². The molecule has 0 spiro atoms. The lowest BCUT2D eigenvalue weighted by molar-refractivity contribution is 0.240. The van der Waals surface area contributed by atoms with Gasteiger partial charge in [0.15, 0.2) is 0 Å². The Kier molecular flexibility index (Phi) is 5.40. The molecule has 2 N–H and O–H groups in total. The number of hydrogen-bond donors (Lipinski definition) is 1. The number of hydrogen-bond acceptors (Lipinski definition) is 2. The molecule has 1 fully saturated rings. The molecular formula is C11H24N2. The molecule has 0 aromatic rings. The highest BCUT2D eigenvalue weighted by molar-refractivity contribution is 4.74. The van der Waals surface area contributed by atoms with Gasteiger partial charge >= 0.3 is 0 Å². The molecule has 13 heavy (non-hydrogen) atoms. The first-order valence-electron chi connectivity index (χ1n) is 5.75. The third-order valence-corrected chi connectivity index (χ3v) is 3.16. The van der Waals surface area contributed by atoms with Crippen molar-refractivity contribution in [1.82, 2.24) is 4.90 Å². The van der Waals surface area contributed by atoms with E-state index in [-0.39, 0.29) is 0 Å². The van der Waals surface area contributed by atoms with E-state index >= 15 is 0 Å². The van der Waals surface area contributed by atoms with Gasteiger partial charge in [0.05, 0.1) is 0 Å². The van der Waals surface area contributed by atoms with E-state index < -0.39 is 0 Å². The first-order chi connectivity index (χ1) is 6.34. The van der Waals surface area contributed by atoms with E-state index in [1.807, 2.05) is 0 Å². The van der Waals surface area contributed by atoms with Gasteiger partial charge in [0.1, 0.15) is 0 Å². The zero-order valence-electron chi connectivity index (χ0n) is 8.97. The highest BCUT2D eigenvalue weighted by Gasteiger charge is 2.18. The van der Waals surface area contributed by atoms with E-state index in [2.05, 4.69) is 11.9 Å². The van der Waals surface area contributed by atoms with Gasteiger partial charge in [-0.05, 0) is 45.8 Å². The summed E-state index contributed by atoms with van der Waals surface area (Å²) >= 11 is 0. The van der Waals surface area contributed by atoms with Crippen molar-refractivity contribution in [2.45, 2.75) is 51.0 Å². The van der Waals surface area contributed by atoms with Crippen LogP contribution in [-0.2, 0) is 0 Å². The van der Waals surface area contributed by atoms with E-state index in [1.54, 1.807) is 0 Å². The van der Waals surface area contributed by atoms with Gasteiger partial charge in [-0.3, -0.25) is 0 Å². The van der Waals surface area contributed by atoms with Crippen LogP contribution in [-0.4, -0.2) is 31.1 Å². The lowest BCUT2D eigenvalue weighted by atomic mass is 10.2. The second-order valence-electron chi connectivity index (χ2n) is 4.27. The summed E-state index contributed by atoms with van der Waals surface area (Å²) in [7, 11) is 2.28. The highest BCUT2D eigenvalue weighted by atomic mass is 15.1. The topological polar surface area (TPSA) is 29.3 Å². The van der Waals surface area contributed by atoms with Gasteiger partial charge in [0.2, 0.25) is 0 Å². The maximum Gasteiger partial charge on any atom is 0.00922 e. The van der Waals surface area contributed by atoms with Gasteiger partial charge in [-0.2, -0.15) is 0 Å². The van der Waals surface area contributed by atoms with Crippen molar-refractivity contribution >= 4 is 0 Å². The largest absolute Gasteiger partial charge is 0.330 e. The first kappa shape index (κ1) is 11.0. The summed E-state index contributed by atoms with van der Waals surface area (Å²) in [6.45, 7) is 2.12. The number of nitrogens with zero attached hydrogens (tertiary/aromatic N) is 1. The van der Waals surface area contributed by atoms with Crippen LogP contribution in [0.3, 0.4) is 0 Å². The first-order valence-corrected chi connectivity index (χ1v) is 5.75. The Morgan fingerprint density at radius 2 is 1.85 bits per heavy atom. The predicted octanol–water partition coefficient (Wildman–Crippen LogP) is 1.99. The summed E-state index contributed by atoms with van der Waals surface area (Å²) in [5.41, 5.74) is 5.45. The van der Waals surface area contributed by atoms with Gasteiger partial charge in [-0.1, -0.05) is 19.3 Å². The van der Waals surface area contributed by atoms with E-state index in [0.29, 0.717) is 0 Å². The number of rotatable bonds is 6. The van der Waals surface area contributed by atoms with Crippen LogP contribution >= 0.6 is 0 Å². The molecule has 0 atom stereocenters. The molecule has 0 radical (unpaired) electrons. The molecule has 0 aliphatic heterocycles. The van der Waals surface area contributed by atoms with Crippen LogP contribution in [0.2, 0.25) is 0 Å². The molecule has 0 aromatic heterocycles. The molecule has 0 heterocycles. The van der Waals surface area contributed by atoms with E-state index in [4.69, 9.17) is 5.73 Å². The maximum absolute atomic E-state index is 5.45. The van der Waals surface area contributed by atoms with Crippen molar-refractivity contribution in [2.75, 3.05) is 20.1 Å². The average molecular weight is 184 g/mol. The molecule has 2 nitrogen and oxygen atoms in total. The molecule has 0 unspecified atom stereocenters. The van der Waals surface area contributed by atoms with Gasteiger partial charge in [0, 0.05) is 6.04 Å². The van der Waals surface area contributed by atoms with Gasteiger partial charge in [-0.25, -0.2) is 0 Å². The summed E-state index contributed by atoms with van der Waals surface area (Å²) in [5.74, 6) is 0. The Labute approximate surface area is 82.5 Å². The lowest BCUT2D eigenvalue weighted by Crippen LogP contribution is -2.30. The number of nitrogens with two attached hydrogens (primary N) is 1. The van der Waals surface area contributed by atoms with E-state index in [0.717, 1.165) is 12.6 Å². The maximum atomic E-state index is 5.45. The van der Waals surface area contributed by atoms with Crippen LogP contribution < -0.4 is 5.73 Å². The van der Waals surface area contributed by atoms with Crippen molar-refractivity contribution in [3.8, 4) is 0 Å². The fourth-order valence-electron chi connectivity index (χ4n) is 2.21. The third kappa shape index (κ3) is 4.10. The molecule has 78 valence electrons. The smallest absolute Gasteiger partial charge is 0.00922 e. The summed E-state index contributed by atoms with van der Waals surface area (Å²) in [6.07, 6.45) is 9.55. The van der Waals surface area contributed by atoms with E-state index in [1.165, 1.54) is 51.5 Å². The molecule has 1 saturated carbocycles. The lowest BCUT2D eigenvalue weighted by Gasteiger charge is -2.23. The molecule has 0 bridgehead atoms. The highest BCUT2D eigenvalue weighted by Crippen LogP contribution is 2.22. The van der Waals surface area contributed by atoms with Crippen LogP contribution in [0.5, 0.6) is 0 Å². The quantitative estimate of drug-likeness (QED) is 0.640. The summed E-state index contributed by atoms with van der Waals surface area (Å²) in [5, 5.41) is 0. The Bertz CT molecular complexity index is 119. The van der Waals surface area contributed by atoms with Gasteiger partial charge < -0.3 is 10.6 Å². The normalized spacial score (nSPS) is 18.7. The summed E-state index contributed by atoms with van der Waals surface area (Å²) in [6, 6.07) is 0.887. The second-order valence-corrected chi connectivity index (χ2v) is 4.27. The summed E-state index contributed by atoms with van der Waals surface area (Å²) in [4.78, 5) is 2.55. The fraction of sp³-hybridized carbons (Fsp3) is 1.00. The Morgan fingerprint density at radius 3 is 2.46 bits per heavy atom. The fourth-order valence-corrected chi connectivity index (χ4v) is 2.21. The Balaban J connectivity index is 1.99. The second kappa shape index (κ2) is 6.39. The van der Waals surface area contributed by atoms with Crippen molar-refractivity contribution in [3.05, 3.63) is 0 Å². The Hall–Kier alpha value is -0.0800. The molecule has 0 amide bonds. The zero-order valence-corrected chi connectivity index (χ0v) is 8.97. The van der Waals surface area contributed by atoms with Crippen molar-refractivity contribution in [1.29, 1.82) is 0 Å². The Morgan fingerprint density at radius 1 is 1.15 bits per heavy atom. The SMILES string of the molecule is CN(CCCCCN)C1CCCC1. The molecule has 1 aliphatic rings. The molecule has 0 aromatic carbocycles. The van der Waals surface area contributed by atoms with Crippen LogP contribution in [0.25, 0.3) is 0 Å². The third-order valence-electron chi connectivity index (χ3n) is 3.16. The zero-order chi connectivity index (χ0) is 9.52. The van der Waals surface area contributed by atoms with Crippen molar-refractivity contribution in [2.24, 2.45) is 5.73 Å². The molecule has 1 rings (SSSR count). The van der Waals surface area contributed by atoms with Crippen LogP contribution in [0.1, 0.15) is 44.9 Å². The molecule has 0 saturated heterocycles.